The number of hydrogen-bond acceptors (Lipinski definition) is 3. The molecule has 0 saturated carbocycles. The molecule has 4 nitrogen and oxygen atoms in total. The molecule has 0 saturated heterocycles. The molecule has 0 atom stereocenters. The molecular formula is C14H14N2O2. The molecule has 0 unspecified atom stereocenters. The number of rotatable bonds is 4. The minimum atomic E-state index is -0.398. The molecule has 18 heavy (non-hydrogen) atoms. The van der Waals surface area contributed by atoms with E-state index in [-0.39, 0.29) is 5.69 Å². The Morgan fingerprint density at radius 1 is 1.17 bits per heavy atom. The molecule has 0 amide bonds. The van der Waals surface area contributed by atoms with Gasteiger partial charge < -0.3 is 5.32 Å². The Morgan fingerprint density at radius 2 is 1.89 bits per heavy atom. The van der Waals surface area contributed by atoms with Crippen molar-refractivity contribution in [2.24, 2.45) is 0 Å². The third-order valence-electron chi connectivity index (χ3n) is 2.66. The van der Waals surface area contributed by atoms with Crippen LogP contribution in [0.5, 0.6) is 0 Å². The maximum Gasteiger partial charge on any atom is 0.269 e. The van der Waals surface area contributed by atoms with Crippen LogP contribution in [0.1, 0.15) is 11.1 Å². The van der Waals surface area contributed by atoms with Gasteiger partial charge in [-0.1, -0.05) is 29.8 Å². The van der Waals surface area contributed by atoms with Crippen LogP contribution in [0.2, 0.25) is 0 Å². The lowest BCUT2D eigenvalue weighted by Gasteiger charge is -2.06. The van der Waals surface area contributed by atoms with Gasteiger partial charge in [0, 0.05) is 24.4 Å². The highest BCUT2D eigenvalue weighted by atomic mass is 16.6. The molecular weight excluding hydrogens is 228 g/mol. The molecule has 0 aliphatic heterocycles. The van der Waals surface area contributed by atoms with Gasteiger partial charge in [-0.15, -0.1) is 0 Å². The SMILES string of the molecule is Cc1cccc(CNc2ccc([N+](=O)[O-])cc2)c1. The van der Waals surface area contributed by atoms with Crippen molar-refractivity contribution in [3.05, 3.63) is 69.8 Å². The van der Waals surface area contributed by atoms with E-state index in [9.17, 15) is 10.1 Å². The van der Waals surface area contributed by atoms with Gasteiger partial charge in [-0.2, -0.15) is 0 Å². The highest BCUT2D eigenvalue weighted by molar-refractivity contribution is 5.48. The summed E-state index contributed by atoms with van der Waals surface area (Å²) in [6, 6.07) is 14.7. The molecule has 0 aliphatic carbocycles. The lowest BCUT2D eigenvalue weighted by molar-refractivity contribution is -0.384. The predicted molar refractivity (Wildman–Crippen MR) is 71.6 cm³/mol. The first-order valence-corrected chi connectivity index (χ1v) is 5.69. The lowest BCUT2D eigenvalue weighted by Crippen LogP contribution is -1.99. The average molecular weight is 242 g/mol. The summed E-state index contributed by atoms with van der Waals surface area (Å²) in [6.07, 6.45) is 0. The molecule has 0 aromatic heterocycles. The molecule has 0 fully saturated rings. The summed E-state index contributed by atoms with van der Waals surface area (Å²) in [5.74, 6) is 0. The lowest BCUT2D eigenvalue weighted by atomic mass is 10.1. The molecule has 0 aliphatic rings. The molecule has 2 rings (SSSR count). The van der Waals surface area contributed by atoms with E-state index in [4.69, 9.17) is 0 Å². The molecule has 0 heterocycles. The van der Waals surface area contributed by atoms with E-state index in [0.29, 0.717) is 6.54 Å². The summed E-state index contributed by atoms with van der Waals surface area (Å²) >= 11 is 0. The molecule has 0 radical (unpaired) electrons. The van der Waals surface area contributed by atoms with E-state index < -0.39 is 4.92 Å². The molecule has 2 aromatic carbocycles. The molecule has 4 heteroatoms. The van der Waals surface area contributed by atoms with Crippen LogP contribution in [0, 0.1) is 17.0 Å². The zero-order chi connectivity index (χ0) is 13.0. The number of benzene rings is 2. The van der Waals surface area contributed by atoms with Crippen LogP contribution in [-0.2, 0) is 6.54 Å². The van der Waals surface area contributed by atoms with E-state index >= 15 is 0 Å². The summed E-state index contributed by atoms with van der Waals surface area (Å²) in [6.45, 7) is 2.76. The van der Waals surface area contributed by atoms with Gasteiger partial charge in [0.05, 0.1) is 4.92 Å². The molecule has 92 valence electrons. The van der Waals surface area contributed by atoms with E-state index in [2.05, 4.69) is 24.4 Å². The number of anilines is 1. The maximum absolute atomic E-state index is 10.5. The fourth-order valence-electron chi connectivity index (χ4n) is 1.73. The van der Waals surface area contributed by atoms with Crippen molar-refractivity contribution in [2.45, 2.75) is 13.5 Å². The topological polar surface area (TPSA) is 55.2 Å². The first kappa shape index (κ1) is 12.1. The zero-order valence-electron chi connectivity index (χ0n) is 10.1. The number of aryl methyl sites for hydroxylation is 1. The summed E-state index contributed by atoms with van der Waals surface area (Å²) < 4.78 is 0. The van der Waals surface area contributed by atoms with E-state index in [1.807, 2.05) is 12.1 Å². The van der Waals surface area contributed by atoms with E-state index in [1.54, 1.807) is 12.1 Å². The summed E-state index contributed by atoms with van der Waals surface area (Å²) in [5, 5.41) is 13.7. The first-order chi connectivity index (χ1) is 8.65. The van der Waals surface area contributed by atoms with Crippen molar-refractivity contribution in [3.8, 4) is 0 Å². The Morgan fingerprint density at radius 3 is 2.50 bits per heavy atom. The van der Waals surface area contributed by atoms with Crippen molar-refractivity contribution in [1.29, 1.82) is 0 Å². The second-order valence-corrected chi connectivity index (χ2v) is 4.15. The normalized spacial score (nSPS) is 10.1. The smallest absolute Gasteiger partial charge is 0.269 e. The number of nitro groups is 1. The van der Waals surface area contributed by atoms with Crippen molar-refractivity contribution in [3.63, 3.8) is 0 Å². The molecule has 1 N–H and O–H groups in total. The molecule has 2 aromatic rings. The third kappa shape index (κ3) is 3.07. The Hall–Kier alpha value is -2.36. The van der Waals surface area contributed by atoms with Crippen LogP contribution in [0.4, 0.5) is 11.4 Å². The standard InChI is InChI=1S/C14H14N2O2/c1-11-3-2-4-12(9-11)10-15-13-5-7-14(8-6-13)16(17)18/h2-9,15H,10H2,1H3. The Balaban J connectivity index is 2.00. The van der Waals surface area contributed by atoms with Gasteiger partial charge in [0.25, 0.3) is 5.69 Å². The number of non-ortho nitro benzene ring substituents is 1. The van der Waals surface area contributed by atoms with Crippen LogP contribution >= 0.6 is 0 Å². The van der Waals surface area contributed by atoms with Gasteiger partial charge in [0.15, 0.2) is 0 Å². The number of nitrogens with one attached hydrogen (secondary N) is 1. The predicted octanol–water partition coefficient (Wildman–Crippen LogP) is 3.52. The van der Waals surface area contributed by atoms with Crippen LogP contribution in [0.3, 0.4) is 0 Å². The highest BCUT2D eigenvalue weighted by Crippen LogP contribution is 2.16. The quantitative estimate of drug-likeness (QED) is 0.659. The van der Waals surface area contributed by atoms with E-state index in [1.165, 1.54) is 23.3 Å². The fraction of sp³-hybridized carbons (Fsp3) is 0.143. The molecule has 0 spiro atoms. The summed E-state index contributed by atoms with van der Waals surface area (Å²) in [7, 11) is 0. The Bertz CT molecular complexity index is 550. The Labute approximate surface area is 105 Å². The third-order valence-corrected chi connectivity index (χ3v) is 2.66. The summed E-state index contributed by atoms with van der Waals surface area (Å²) in [4.78, 5) is 10.1. The van der Waals surface area contributed by atoms with Crippen molar-refractivity contribution in [1.82, 2.24) is 0 Å². The largest absolute Gasteiger partial charge is 0.381 e. The van der Waals surface area contributed by atoms with Gasteiger partial charge in [-0.3, -0.25) is 10.1 Å². The van der Waals surface area contributed by atoms with Crippen molar-refractivity contribution in [2.75, 3.05) is 5.32 Å². The zero-order valence-corrected chi connectivity index (χ0v) is 10.1. The van der Waals surface area contributed by atoms with Crippen LogP contribution in [0.15, 0.2) is 48.5 Å². The minimum absolute atomic E-state index is 0.108. The first-order valence-electron chi connectivity index (χ1n) is 5.69. The fourth-order valence-corrected chi connectivity index (χ4v) is 1.73. The second kappa shape index (κ2) is 5.31. The van der Waals surface area contributed by atoms with Gasteiger partial charge in [0.1, 0.15) is 0 Å². The molecule has 0 bridgehead atoms. The van der Waals surface area contributed by atoms with Gasteiger partial charge in [0.2, 0.25) is 0 Å². The van der Waals surface area contributed by atoms with Gasteiger partial charge in [-0.05, 0) is 24.6 Å². The number of nitro benzene ring substituents is 1. The minimum Gasteiger partial charge on any atom is -0.381 e. The van der Waals surface area contributed by atoms with Gasteiger partial charge >= 0.3 is 0 Å². The van der Waals surface area contributed by atoms with Gasteiger partial charge in [-0.25, -0.2) is 0 Å². The summed E-state index contributed by atoms with van der Waals surface area (Å²) in [5.41, 5.74) is 3.39. The second-order valence-electron chi connectivity index (χ2n) is 4.15. The average Bonchev–Trinajstić information content (AvgIpc) is 2.37. The Kier molecular flexibility index (Phi) is 3.57. The van der Waals surface area contributed by atoms with Crippen molar-refractivity contribution < 1.29 is 4.92 Å². The van der Waals surface area contributed by atoms with Crippen LogP contribution < -0.4 is 5.32 Å². The van der Waals surface area contributed by atoms with E-state index in [0.717, 1.165) is 5.69 Å². The number of nitrogens with zero attached hydrogens (tertiary/aromatic N) is 1. The van der Waals surface area contributed by atoms with Crippen molar-refractivity contribution >= 4 is 11.4 Å². The van der Waals surface area contributed by atoms with Crippen LogP contribution in [0.25, 0.3) is 0 Å². The highest BCUT2D eigenvalue weighted by Gasteiger charge is 2.03. The number of hydrogen-bond donors (Lipinski definition) is 1. The monoisotopic (exact) mass is 242 g/mol. The van der Waals surface area contributed by atoms with Crippen LogP contribution in [-0.4, -0.2) is 4.92 Å². The maximum atomic E-state index is 10.5.